The van der Waals surface area contributed by atoms with Crippen molar-refractivity contribution in [3.05, 3.63) is 125 Å². The molecule has 5 heteroatoms. The fourth-order valence-electron chi connectivity index (χ4n) is 4.41. The Balaban J connectivity index is 1.50. The molecule has 0 spiro atoms. The number of ether oxygens (including phenoxy) is 1. The van der Waals surface area contributed by atoms with Crippen molar-refractivity contribution >= 4 is 11.9 Å². The Hall–Kier alpha value is -4.38. The zero-order valence-electron chi connectivity index (χ0n) is 21.0. The number of carboxylic acids is 1. The summed E-state index contributed by atoms with van der Waals surface area (Å²) in [5, 5.41) is 9.53. The largest absolute Gasteiger partial charge is 0.497 e. The van der Waals surface area contributed by atoms with E-state index in [9.17, 15) is 14.7 Å². The molecule has 0 fully saturated rings. The number of rotatable bonds is 11. The van der Waals surface area contributed by atoms with Crippen molar-refractivity contribution in [2.75, 3.05) is 13.7 Å². The third kappa shape index (κ3) is 7.07. The predicted molar refractivity (Wildman–Crippen MR) is 146 cm³/mol. The SMILES string of the molecule is COc1cccc(CC(=O)N(CCCc2ccccc2)Cc2ccc(-c3ccccc3C(=O)O)cc2)c1. The minimum Gasteiger partial charge on any atom is -0.497 e. The number of aryl methyl sites for hydroxylation is 1. The van der Waals surface area contributed by atoms with Gasteiger partial charge in [-0.15, -0.1) is 0 Å². The molecule has 188 valence electrons. The van der Waals surface area contributed by atoms with Gasteiger partial charge in [-0.2, -0.15) is 0 Å². The summed E-state index contributed by atoms with van der Waals surface area (Å²) in [6.07, 6.45) is 2.05. The van der Waals surface area contributed by atoms with Crippen molar-refractivity contribution in [3.8, 4) is 16.9 Å². The Morgan fingerprint density at radius 2 is 1.49 bits per heavy atom. The Kier molecular flexibility index (Phi) is 8.71. The van der Waals surface area contributed by atoms with E-state index in [0.717, 1.165) is 35.3 Å². The number of methoxy groups -OCH3 is 1. The summed E-state index contributed by atoms with van der Waals surface area (Å²) in [6.45, 7) is 1.12. The molecule has 1 amide bonds. The lowest BCUT2D eigenvalue weighted by atomic mass is 9.98. The molecule has 0 aliphatic rings. The minimum absolute atomic E-state index is 0.0571. The van der Waals surface area contributed by atoms with Crippen molar-refractivity contribution in [2.45, 2.75) is 25.8 Å². The van der Waals surface area contributed by atoms with E-state index in [2.05, 4.69) is 12.1 Å². The van der Waals surface area contributed by atoms with Gasteiger partial charge in [0, 0.05) is 13.1 Å². The molecule has 0 atom stereocenters. The number of carbonyl (C=O) groups is 2. The molecule has 0 saturated heterocycles. The molecule has 0 saturated carbocycles. The van der Waals surface area contributed by atoms with Gasteiger partial charge < -0.3 is 14.7 Å². The van der Waals surface area contributed by atoms with Gasteiger partial charge in [0.2, 0.25) is 5.91 Å². The van der Waals surface area contributed by atoms with Crippen LogP contribution in [-0.2, 0) is 24.2 Å². The first-order chi connectivity index (χ1) is 18.0. The molecule has 0 heterocycles. The number of nitrogens with zero attached hydrogens (tertiary/aromatic N) is 1. The van der Waals surface area contributed by atoms with Gasteiger partial charge in [-0.25, -0.2) is 4.79 Å². The predicted octanol–water partition coefficient (Wildman–Crippen LogP) is 6.26. The topological polar surface area (TPSA) is 66.8 Å². The second-order valence-corrected chi connectivity index (χ2v) is 8.98. The molecule has 4 aromatic rings. The monoisotopic (exact) mass is 493 g/mol. The molecular weight excluding hydrogens is 462 g/mol. The van der Waals surface area contributed by atoms with E-state index >= 15 is 0 Å². The van der Waals surface area contributed by atoms with E-state index < -0.39 is 5.97 Å². The van der Waals surface area contributed by atoms with E-state index in [1.165, 1.54) is 5.56 Å². The second kappa shape index (κ2) is 12.5. The Labute approximate surface area is 218 Å². The highest BCUT2D eigenvalue weighted by molar-refractivity contribution is 5.96. The number of amides is 1. The highest BCUT2D eigenvalue weighted by atomic mass is 16.5. The molecule has 4 rings (SSSR count). The molecule has 0 radical (unpaired) electrons. The van der Waals surface area contributed by atoms with Crippen LogP contribution >= 0.6 is 0 Å². The van der Waals surface area contributed by atoms with Crippen molar-refractivity contribution in [2.24, 2.45) is 0 Å². The fourth-order valence-corrected chi connectivity index (χ4v) is 4.41. The second-order valence-electron chi connectivity index (χ2n) is 8.98. The minimum atomic E-state index is -0.951. The first kappa shape index (κ1) is 25.7. The van der Waals surface area contributed by atoms with Crippen molar-refractivity contribution in [1.29, 1.82) is 0 Å². The Bertz CT molecular complexity index is 1330. The molecule has 0 aliphatic carbocycles. The van der Waals surface area contributed by atoms with Crippen molar-refractivity contribution < 1.29 is 19.4 Å². The fraction of sp³-hybridized carbons (Fsp3) is 0.188. The van der Waals surface area contributed by atoms with Gasteiger partial charge in [0.25, 0.3) is 0 Å². The average molecular weight is 494 g/mol. The molecule has 4 aromatic carbocycles. The number of benzene rings is 4. The number of carbonyl (C=O) groups excluding carboxylic acids is 1. The summed E-state index contributed by atoms with van der Waals surface area (Å²) in [5.41, 5.74) is 4.94. The van der Waals surface area contributed by atoms with Crippen LogP contribution in [0.3, 0.4) is 0 Å². The summed E-state index contributed by atoms with van der Waals surface area (Å²) in [7, 11) is 1.62. The summed E-state index contributed by atoms with van der Waals surface area (Å²) in [4.78, 5) is 26.9. The van der Waals surface area contributed by atoms with Crippen LogP contribution in [0.5, 0.6) is 5.75 Å². The summed E-state index contributed by atoms with van der Waals surface area (Å²) < 4.78 is 5.32. The molecule has 37 heavy (non-hydrogen) atoms. The molecule has 0 aliphatic heterocycles. The van der Waals surface area contributed by atoms with Gasteiger partial charge in [0.1, 0.15) is 5.75 Å². The number of carboxylic acid groups (broad SMARTS) is 1. The van der Waals surface area contributed by atoms with Crippen LogP contribution in [0.25, 0.3) is 11.1 Å². The molecular formula is C32H31NO4. The normalized spacial score (nSPS) is 10.6. The maximum absolute atomic E-state index is 13.4. The van der Waals surface area contributed by atoms with Gasteiger partial charge in [-0.1, -0.05) is 84.9 Å². The zero-order valence-corrected chi connectivity index (χ0v) is 21.0. The number of aromatic carboxylic acids is 1. The van der Waals surface area contributed by atoms with Crippen molar-refractivity contribution in [1.82, 2.24) is 4.90 Å². The van der Waals surface area contributed by atoms with E-state index in [1.807, 2.05) is 83.8 Å². The van der Waals surface area contributed by atoms with E-state index in [1.54, 1.807) is 19.2 Å². The van der Waals surface area contributed by atoms with Gasteiger partial charge >= 0.3 is 5.97 Å². The van der Waals surface area contributed by atoms with Gasteiger partial charge in [-0.05, 0) is 58.9 Å². The number of hydrogen-bond acceptors (Lipinski definition) is 3. The highest BCUT2D eigenvalue weighted by Crippen LogP contribution is 2.25. The maximum atomic E-state index is 13.4. The standard InChI is InChI=1S/C32H31NO4/c1-37-28-13-7-11-26(21-28)22-31(34)33(20-8-12-24-9-3-2-4-10-24)23-25-16-18-27(19-17-25)29-14-5-6-15-30(29)32(35)36/h2-7,9-11,13-19,21H,8,12,20,22-23H2,1H3,(H,35,36). The molecule has 0 aromatic heterocycles. The molecule has 5 nitrogen and oxygen atoms in total. The van der Waals surface area contributed by atoms with Gasteiger partial charge in [-0.3, -0.25) is 4.79 Å². The van der Waals surface area contributed by atoms with Crippen LogP contribution in [0.2, 0.25) is 0 Å². The Morgan fingerprint density at radius 3 is 2.22 bits per heavy atom. The van der Waals surface area contributed by atoms with Crippen LogP contribution in [0.1, 0.15) is 33.5 Å². The lowest BCUT2D eigenvalue weighted by Crippen LogP contribution is -2.33. The van der Waals surface area contributed by atoms with E-state index in [0.29, 0.717) is 25.1 Å². The van der Waals surface area contributed by atoms with Gasteiger partial charge in [0.05, 0.1) is 19.1 Å². The summed E-state index contributed by atoms with van der Waals surface area (Å²) >= 11 is 0. The van der Waals surface area contributed by atoms with Crippen LogP contribution < -0.4 is 4.74 Å². The quantitative estimate of drug-likeness (QED) is 0.268. The molecule has 0 bridgehead atoms. The highest BCUT2D eigenvalue weighted by Gasteiger charge is 2.16. The number of hydrogen-bond donors (Lipinski definition) is 1. The first-order valence-electron chi connectivity index (χ1n) is 12.4. The van der Waals surface area contributed by atoms with Crippen LogP contribution in [0, 0.1) is 0 Å². The summed E-state index contributed by atoms with van der Waals surface area (Å²) in [6, 6.07) is 32.7. The zero-order chi connectivity index (χ0) is 26.0. The first-order valence-corrected chi connectivity index (χ1v) is 12.4. The van der Waals surface area contributed by atoms with Crippen LogP contribution in [-0.4, -0.2) is 35.5 Å². The smallest absolute Gasteiger partial charge is 0.336 e. The Morgan fingerprint density at radius 1 is 0.784 bits per heavy atom. The van der Waals surface area contributed by atoms with Crippen LogP contribution in [0.15, 0.2) is 103 Å². The maximum Gasteiger partial charge on any atom is 0.336 e. The molecule has 0 unspecified atom stereocenters. The molecule has 1 N–H and O–H groups in total. The van der Waals surface area contributed by atoms with Crippen molar-refractivity contribution in [3.63, 3.8) is 0 Å². The average Bonchev–Trinajstić information content (AvgIpc) is 2.93. The summed E-state index contributed by atoms with van der Waals surface area (Å²) in [5.74, 6) is -0.160. The van der Waals surface area contributed by atoms with E-state index in [-0.39, 0.29) is 11.5 Å². The third-order valence-electron chi connectivity index (χ3n) is 6.37. The van der Waals surface area contributed by atoms with Gasteiger partial charge in [0.15, 0.2) is 0 Å². The third-order valence-corrected chi connectivity index (χ3v) is 6.37. The lowest BCUT2D eigenvalue weighted by Gasteiger charge is -2.23. The van der Waals surface area contributed by atoms with Crippen LogP contribution in [0.4, 0.5) is 0 Å². The van der Waals surface area contributed by atoms with E-state index in [4.69, 9.17) is 4.74 Å². The lowest BCUT2D eigenvalue weighted by molar-refractivity contribution is -0.131.